The van der Waals surface area contributed by atoms with Gasteiger partial charge in [0.1, 0.15) is 0 Å². The fraction of sp³-hybridized carbons (Fsp3) is 0.625. The zero-order valence-electron chi connectivity index (χ0n) is 22.8. The van der Waals surface area contributed by atoms with Gasteiger partial charge in [-0.2, -0.15) is 0 Å². The second kappa shape index (κ2) is 24.1. The molecule has 0 unspecified atom stereocenters. The van der Waals surface area contributed by atoms with E-state index in [2.05, 4.69) is 50.2 Å². The van der Waals surface area contributed by atoms with Gasteiger partial charge in [0, 0.05) is 0 Å². The summed E-state index contributed by atoms with van der Waals surface area (Å²) >= 11 is 0. The summed E-state index contributed by atoms with van der Waals surface area (Å²) in [6.07, 6.45) is 12.2. The standard InChI is InChI=1S/C12H16.C11H14.4C2H6.CH4/c1-10-7-8-11-5-3-2-4-6-12(11)9-10;1-9-5-4-7-10-6-2-3-8-11(9)10;4*1-2;/h7-9H,2-6H2,1H3;4-5,7H,2-3,6,8H2,1H3;4*1-2H3;1H4. The first kappa shape index (κ1) is 35.0. The Morgan fingerprint density at radius 3 is 1.59 bits per heavy atom. The van der Waals surface area contributed by atoms with Gasteiger partial charge in [0.05, 0.1) is 0 Å². The Balaban J connectivity index is -0.000000393. The second-order valence-electron chi connectivity index (χ2n) is 7.25. The van der Waals surface area contributed by atoms with Crippen LogP contribution >= 0.6 is 0 Å². The van der Waals surface area contributed by atoms with Gasteiger partial charge in [0.2, 0.25) is 0 Å². The monoisotopic (exact) mass is 442 g/mol. The lowest BCUT2D eigenvalue weighted by Crippen LogP contribution is -2.03. The molecule has 4 rings (SSSR count). The molecule has 0 nitrogen and oxygen atoms in total. The van der Waals surface area contributed by atoms with Crippen LogP contribution in [0, 0.1) is 13.8 Å². The van der Waals surface area contributed by atoms with Crippen LogP contribution in [0.4, 0.5) is 0 Å². The molecule has 2 aliphatic rings. The Morgan fingerprint density at radius 2 is 1.00 bits per heavy atom. The highest BCUT2D eigenvalue weighted by Crippen LogP contribution is 2.23. The van der Waals surface area contributed by atoms with Crippen LogP contribution in [0.15, 0.2) is 36.4 Å². The zero-order chi connectivity index (χ0) is 24.1. The van der Waals surface area contributed by atoms with Crippen LogP contribution in [0.3, 0.4) is 0 Å². The van der Waals surface area contributed by atoms with Gasteiger partial charge in [-0.15, -0.1) is 0 Å². The van der Waals surface area contributed by atoms with E-state index in [1.807, 2.05) is 55.4 Å². The van der Waals surface area contributed by atoms with Crippen molar-refractivity contribution < 1.29 is 0 Å². The van der Waals surface area contributed by atoms with E-state index in [0.29, 0.717) is 0 Å². The first-order valence-corrected chi connectivity index (χ1v) is 13.4. The first-order valence-electron chi connectivity index (χ1n) is 13.4. The molecule has 0 amide bonds. The molecule has 0 spiro atoms. The van der Waals surface area contributed by atoms with Crippen LogP contribution < -0.4 is 0 Å². The highest BCUT2D eigenvalue weighted by molar-refractivity contribution is 5.36. The van der Waals surface area contributed by atoms with Crippen molar-refractivity contribution in [1.82, 2.24) is 0 Å². The minimum Gasteiger partial charge on any atom is -0.0776 e. The topological polar surface area (TPSA) is 0 Å². The minimum atomic E-state index is 0. The number of benzene rings is 2. The van der Waals surface area contributed by atoms with Gasteiger partial charge in [-0.1, -0.05) is 111 Å². The molecular weight excluding hydrogens is 384 g/mol. The molecule has 2 aromatic rings. The van der Waals surface area contributed by atoms with E-state index in [4.69, 9.17) is 0 Å². The molecule has 0 radical (unpaired) electrons. The Labute approximate surface area is 204 Å². The summed E-state index contributed by atoms with van der Waals surface area (Å²) in [6, 6.07) is 13.6. The fourth-order valence-corrected chi connectivity index (χ4v) is 4.01. The lowest BCUT2D eigenvalue weighted by Gasteiger charge is -2.17. The summed E-state index contributed by atoms with van der Waals surface area (Å²) in [6.45, 7) is 20.4. The van der Waals surface area contributed by atoms with Crippen molar-refractivity contribution >= 4 is 0 Å². The quantitative estimate of drug-likeness (QED) is 0.356. The van der Waals surface area contributed by atoms with Gasteiger partial charge in [0.15, 0.2) is 0 Å². The number of rotatable bonds is 0. The maximum atomic E-state index is 2.36. The molecule has 32 heavy (non-hydrogen) atoms. The molecule has 2 aromatic carbocycles. The summed E-state index contributed by atoms with van der Waals surface area (Å²) in [4.78, 5) is 0. The first-order chi connectivity index (χ1) is 15.2. The van der Waals surface area contributed by atoms with Gasteiger partial charge in [0.25, 0.3) is 0 Å². The smallest absolute Gasteiger partial charge is 0.0273 e. The van der Waals surface area contributed by atoms with Crippen LogP contribution in [0.25, 0.3) is 0 Å². The average molecular weight is 443 g/mol. The van der Waals surface area contributed by atoms with Crippen molar-refractivity contribution in [3.8, 4) is 0 Å². The normalized spacial score (nSPS) is 12.6. The molecule has 0 bridgehead atoms. The lowest BCUT2D eigenvalue weighted by atomic mass is 9.89. The van der Waals surface area contributed by atoms with Gasteiger partial charge in [-0.05, 0) is 93.0 Å². The van der Waals surface area contributed by atoms with Crippen molar-refractivity contribution in [2.75, 3.05) is 0 Å². The second-order valence-corrected chi connectivity index (χ2v) is 7.25. The van der Waals surface area contributed by atoms with Crippen LogP contribution in [0.2, 0.25) is 0 Å². The van der Waals surface area contributed by atoms with Crippen LogP contribution in [0.5, 0.6) is 0 Å². The summed E-state index contributed by atoms with van der Waals surface area (Å²) in [5, 5.41) is 0. The lowest BCUT2D eigenvalue weighted by molar-refractivity contribution is 0.682. The Hall–Kier alpha value is -1.56. The van der Waals surface area contributed by atoms with E-state index in [0.717, 1.165) is 0 Å². The maximum absolute atomic E-state index is 2.36. The minimum absolute atomic E-state index is 0. The number of hydrogen-bond acceptors (Lipinski definition) is 0. The van der Waals surface area contributed by atoms with E-state index < -0.39 is 0 Å². The number of aryl methyl sites for hydroxylation is 5. The molecule has 0 saturated heterocycles. The van der Waals surface area contributed by atoms with Crippen molar-refractivity contribution in [3.63, 3.8) is 0 Å². The van der Waals surface area contributed by atoms with Crippen LogP contribution in [-0.4, -0.2) is 0 Å². The Kier molecular flexibility index (Phi) is 26.4. The Morgan fingerprint density at radius 1 is 0.500 bits per heavy atom. The molecule has 0 aliphatic heterocycles. The van der Waals surface area contributed by atoms with Crippen molar-refractivity contribution in [1.29, 1.82) is 0 Å². The molecule has 0 heterocycles. The van der Waals surface area contributed by atoms with E-state index in [1.54, 1.807) is 22.3 Å². The summed E-state index contributed by atoms with van der Waals surface area (Å²) in [7, 11) is 0. The van der Waals surface area contributed by atoms with E-state index in [1.165, 1.54) is 68.9 Å². The van der Waals surface area contributed by atoms with Crippen molar-refractivity contribution in [3.05, 3.63) is 69.8 Å². The number of hydrogen-bond donors (Lipinski definition) is 0. The molecule has 0 aromatic heterocycles. The third-order valence-corrected chi connectivity index (χ3v) is 5.38. The average Bonchev–Trinajstić information content (AvgIpc) is 3.10. The van der Waals surface area contributed by atoms with Gasteiger partial charge >= 0.3 is 0 Å². The SMILES string of the molecule is C.CC.CC.CC.CC.Cc1ccc2c(c1)CCCCC2.Cc1cccc2c1CCCC2. The van der Waals surface area contributed by atoms with E-state index >= 15 is 0 Å². The number of fused-ring (bicyclic) bond motifs is 2. The third kappa shape index (κ3) is 13.1. The molecule has 0 atom stereocenters. The Bertz CT molecular complexity index is 651. The van der Waals surface area contributed by atoms with E-state index in [-0.39, 0.29) is 7.43 Å². The van der Waals surface area contributed by atoms with Gasteiger partial charge < -0.3 is 0 Å². The molecule has 0 fully saturated rings. The van der Waals surface area contributed by atoms with Gasteiger partial charge in [-0.3, -0.25) is 0 Å². The summed E-state index contributed by atoms with van der Waals surface area (Å²) in [5.41, 5.74) is 9.32. The molecule has 0 heteroatoms. The predicted octanol–water partition coefficient (Wildman–Crippen LogP) is 10.9. The molecular formula is C32H58. The zero-order valence-corrected chi connectivity index (χ0v) is 22.8. The van der Waals surface area contributed by atoms with Crippen molar-refractivity contribution in [2.24, 2.45) is 0 Å². The van der Waals surface area contributed by atoms with Crippen LogP contribution in [0.1, 0.15) is 128 Å². The van der Waals surface area contributed by atoms with Crippen LogP contribution in [-0.2, 0) is 25.7 Å². The van der Waals surface area contributed by atoms with Gasteiger partial charge in [-0.25, -0.2) is 0 Å². The summed E-state index contributed by atoms with van der Waals surface area (Å²) in [5.74, 6) is 0. The maximum Gasteiger partial charge on any atom is -0.0273 e. The molecule has 0 N–H and O–H groups in total. The third-order valence-electron chi connectivity index (χ3n) is 5.38. The largest absolute Gasteiger partial charge is 0.0776 e. The fourth-order valence-electron chi connectivity index (χ4n) is 4.01. The van der Waals surface area contributed by atoms with E-state index in [9.17, 15) is 0 Å². The highest BCUT2D eigenvalue weighted by atomic mass is 14.1. The molecule has 2 aliphatic carbocycles. The molecule has 0 saturated carbocycles. The highest BCUT2D eigenvalue weighted by Gasteiger charge is 2.09. The predicted molar refractivity (Wildman–Crippen MR) is 152 cm³/mol. The molecule has 186 valence electrons. The van der Waals surface area contributed by atoms with Crippen molar-refractivity contribution in [2.45, 2.75) is 134 Å². The summed E-state index contributed by atoms with van der Waals surface area (Å²) < 4.78 is 0.